The van der Waals surface area contributed by atoms with Gasteiger partial charge in [-0.1, -0.05) is 48.5 Å². The first-order chi connectivity index (χ1) is 13.3. The van der Waals surface area contributed by atoms with E-state index in [1.807, 2.05) is 54.6 Å². The smallest absolute Gasteiger partial charge is 0.254 e. The van der Waals surface area contributed by atoms with Crippen LogP contribution in [0.15, 0.2) is 67.0 Å². The summed E-state index contributed by atoms with van der Waals surface area (Å²) in [5.74, 6) is 1.12. The maximum atomic E-state index is 12.2. The van der Waals surface area contributed by atoms with Crippen molar-refractivity contribution >= 4 is 11.9 Å². The van der Waals surface area contributed by atoms with E-state index in [9.17, 15) is 4.79 Å². The fourth-order valence-electron chi connectivity index (χ4n) is 2.64. The van der Waals surface area contributed by atoms with Crippen molar-refractivity contribution in [3.8, 4) is 5.75 Å². The SMILES string of the molecule is COc1ccccc1CCNC(=O)c1cnc(NCc2ccccc2)nc1. The second kappa shape index (κ2) is 9.33. The van der Waals surface area contributed by atoms with Crippen LogP contribution in [0.3, 0.4) is 0 Å². The Kier molecular flexibility index (Phi) is 6.35. The summed E-state index contributed by atoms with van der Waals surface area (Å²) in [6.07, 6.45) is 3.74. The number of amides is 1. The van der Waals surface area contributed by atoms with Crippen molar-refractivity contribution in [2.24, 2.45) is 0 Å². The highest BCUT2D eigenvalue weighted by atomic mass is 16.5. The van der Waals surface area contributed by atoms with E-state index in [0.29, 0.717) is 31.0 Å². The molecule has 2 aromatic carbocycles. The molecule has 0 aliphatic rings. The van der Waals surface area contributed by atoms with E-state index >= 15 is 0 Å². The predicted molar refractivity (Wildman–Crippen MR) is 105 cm³/mol. The molecule has 2 N–H and O–H groups in total. The van der Waals surface area contributed by atoms with Gasteiger partial charge in [-0.15, -0.1) is 0 Å². The minimum absolute atomic E-state index is 0.195. The number of methoxy groups -OCH3 is 1. The molecular formula is C21H22N4O2. The lowest BCUT2D eigenvalue weighted by atomic mass is 10.1. The van der Waals surface area contributed by atoms with E-state index in [2.05, 4.69) is 20.6 Å². The summed E-state index contributed by atoms with van der Waals surface area (Å²) in [7, 11) is 1.64. The first kappa shape index (κ1) is 18.4. The number of benzene rings is 2. The molecule has 1 amide bonds. The van der Waals surface area contributed by atoms with Gasteiger partial charge >= 0.3 is 0 Å². The lowest BCUT2D eigenvalue weighted by Crippen LogP contribution is -2.26. The van der Waals surface area contributed by atoms with E-state index in [1.165, 1.54) is 12.4 Å². The van der Waals surface area contributed by atoms with Crippen LogP contribution >= 0.6 is 0 Å². The van der Waals surface area contributed by atoms with Gasteiger partial charge in [-0.05, 0) is 23.6 Å². The monoisotopic (exact) mass is 362 g/mol. The molecule has 0 spiro atoms. The maximum absolute atomic E-state index is 12.2. The highest BCUT2D eigenvalue weighted by molar-refractivity contribution is 5.93. The number of ether oxygens (including phenoxy) is 1. The summed E-state index contributed by atoms with van der Waals surface area (Å²) < 4.78 is 5.32. The summed E-state index contributed by atoms with van der Waals surface area (Å²) in [6.45, 7) is 1.14. The van der Waals surface area contributed by atoms with Crippen LogP contribution in [-0.2, 0) is 13.0 Å². The molecule has 0 radical (unpaired) electrons. The Labute approximate surface area is 158 Å². The first-order valence-electron chi connectivity index (χ1n) is 8.76. The van der Waals surface area contributed by atoms with Gasteiger partial charge < -0.3 is 15.4 Å². The third kappa shape index (κ3) is 5.28. The molecule has 6 nitrogen and oxygen atoms in total. The fourth-order valence-corrected chi connectivity index (χ4v) is 2.64. The van der Waals surface area contributed by atoms with Crippen LogP contribution in [0.25, 0.3) is 0 Å². The highest BCUT2D eigenvalue weighted by Gasteiger charge is 2.08. The number of anilines is 1. The van der Waals surface area contributed by atoms with E-state index in [1.54, 1.807) is 7.11 Å². The average molecular weight is 362 g/mol. The molecule has 3 rings (SSSR count). The van der Waals surface area contributed by atoms with Gasteiger partial charge in [0.05, 0.1) is 12.7 Å². The zero-order chi connectivity index (χ0) is 18.9. The zero-order valence-corrected chi connectivity index (χ0v) is 15.2. The number of carbonyl (C=O) groups excluding carboxylic acids is 1. The van der Waals surface area contributed by atoms with Gasteiger partial charge in [0.1, 0.15) is 5.75 Å². The highest BCUT2D eigenvalue weighted by Crippen LogP contribution is 2.17. The van der Waals surface area contributed by atoms with E-state index < -0.39 is 0 Å². The number of hydrogen-bond donors (Lipinski definition) is 2. The minimum atomic E-state index is -0.195. The fraction of sp³-hybridized carbons (Fsp3) is 0.190. The third-order valence-corrected chi connectivity index (χ3v) is 4.08. The molecular weight excluding hydrogens is 340 g/mol. The van der Waals surface area contributed by atoms with Crippen LogP contribution in [0.2, 0.25) is 0 Å². The molecule has 27 heavy (non-hydrogen) atoms. The van der Waals surface area contributed by atoms with Gasteiger partial charge in [0.15, 0.2) is 0 Å². The second-order valence-corrected chi connectivity index (χ2v) is 5.95. The summed E-state index contributed by atoms with van der Waals surface area (Å²) in [4.78, 5) is 20.6. The molecule has 3 aromatic rings. The van der Waals surface area contributed by atoms with Crippen molar-refractivity contribution in [2.45, 2.75) is 13.0 Å². The summed E-state index contributed by atoms with van der Waals surface area (Å²) >= 11 is 0. The molecule has 0 atom stereocenters. The number of carbonyl (C=O) groups is 1. The zero-order valence-electron chi connectivity index (χ0n) is 15.2. The number of nitrogens with one attached hydrogen (secondary N) is 2. The summed E-state index contributed by atoms with van der Waals surface area (Å²) in [5.41, 5.74) is 2.62. The van der Waals surface area contributed by atoms with Gasteiger partial charge in [-0.3, -0.25) is 4.79 Å². The van der Waals surface area contributed by atoms with Crippen LogP contribution in [0.4, 0.5) is 5.95 Å². The van der Waals surface area contributed by atoms with Crippen molar-refractivity contribution in [1.29, 1.82) is 0 Å². The lowest BCUT2D eigenvalue weighted by molar-refractivity contribution is 0.0953. The number of para-hydroxylation sites is 1. The molecule has 0 saturated heterocycles. The van der Waals surface area contributed by atoms with Crippen molar-refractivity contribution in [3.05, 3.63) is 83.7 Å². The van der Waals surface area contributed by atoms with Gasteiger partial charge in [-0.2, -0.15) is 0 Å². The van der Waals surface area contributed by atoms with E-state index in [-0.39, 0.29) is 5.91 Å². The van der Waals surface area contributed by atoms with Crippen LogP contribution in [-0.4, -0.2) is 29.5 Å². The third-order valence-electron chi connectivity index (χ3n) is 4.08. The predicted octanol–water partition coefficient (Wildman–Crippen LogP) is 3.07. The molecule has 0 fully saturated rings. The average Bonchev–Trinajstić information content (AvgIpc) is 2.73. The van der Waals surface area contributed by atoms with E-state index in [4.69, 9.17) is 4.74 Å². The summed E-state index contributed by atoms with van der Waals surface area (Å²) in [6, 6.07) is 17.8. The number of aromatic nitrogens is 2. The largest absolute Gasteiger partial charge is 0.496 e. The molecule has 1 heterocycles. The van der Waals surface area contributed by atoms with Crippen molar-refractivity contribution in [3.63, 3.8) is 0 Å². The van der Waals surface area contributed by atoms with Crippen molar-refractivity contribution in [2.75, 3.05) is 19.0 Å². The molecule has 138 valence electrons. The molecule has 1 aromatic heterocycles. The van der Waals surface area contributed by atoms with Crippen LogP contribution in [0.1, 0.15) is 21.5 Å². The van der Waals surface area contributed by atoms with Gasteiger partial charge in [0.2, 0.25) is 5.95 Å². The molecule has 0 aliphatic carbocycles. The normalized spacial score (nSPS) is 10.3. The van der Waals surface area contributed by atoms with Crippen LogP contribution < -0.4 is 15.4 Å². The molecule has 0 bridgehead atoms. The Morgan fingerprint density at radius 2 is 1.70 bits per heavy atom. The van der Waals surface area contributed by atoms with Crippen molar-refractivity contribution in [1.82, 2.24) is 15.3 Å². The number of rotatable bonds is 8. The van der Waals surface area contributed by atoms with Crippen LogP contribution in [0, 0.1) is 0 Å². The molecule has 0 saturated carbocycles. The Hall–Kier alpha value is -3.41. The lowest BCUT2D eigenvalue weighted by Gasteiger charge is -2.09. The number of nitrogens with zero attached hydrogens (tertiary/aromatic N) is 2. The molecule has 6 heteroatoms. The topological polar surface area (TPSA) is 76.1 Å². The molecule has 0 unspecified atom stereocenters. The maximum Gasteiger partial charge on any atom is 0.254 e. The first-order valence-corrected chi connectivity index (χ1v) is 8.76. The Morgan fingerprint density at radius 3 is 2.44 bits per heavy atom. The minimum Gasteiger partial charge on any atom is -0.496 e. The Balaban J connectivity index is 1.48. The van der Waals surface area contributed by atoms with Gasteiger partial charge in [0, 0.05) is 25.5 Å². The summed E-state index contributed by atoms with van der Waals surface area (Å²) in [5, 5.41) is 6.02. The quantitative estimate of drug-likeness (QED) is 0.644. The number of hydrogen-bond acceptors (Lipinski definition) is 5. The second-order valence-electron chi connectivity index (χ2n) is 5.95. The molecule has 0 aliphatic heterocycles. The van der Waals surface area contributed by atoms with E-state index in [0.717, 1.165) is 16.9 Å². The van der Waals surface area contributed by atoms with Crippen LogP contribution in [0.5, 0.6) is 5.75 Å². The standard InChI is InChI=1S/C21H22N4O2/c1-27-19-10-6-5-9-17(19)11-12-22-20(26)18-14-24-21(25-15-18)23-13-16-7-3-2-4-8-16/h2-10,14-15H,11-13H2,1H3,(H,22,26)(H,23,24,25). The van der Waals surface area contributed by atoms with Crippen molar-refractivity contribution < 1.29 is 9.53 Å². The Bertz CT molecular complexity index is 867. The Morgan fingerprint density at radius 1 is 1.00 bits per heavy atom. The van der Waals surface area contributed by atoms with Gasteiger partial charge in [0.25, 0.3) is 5.91 Å². The van der Waals surface area contributed by atoms with Gasteiger partial charge in [-0.25, -0.2) is 9.97 Å².